The van der Waals surface area contributed by atoms with Crippen LogP contribution in [0.5, 0.6) is 5.75 Å². The van der Waals surface area contributed by atoms with Gasteiger partial charge < -0.3 is 15.2 Å². The zero-order valence-corrected chi connectivity index (χ0v) is 11.2. The number of rotatable bonds is 6. The number of carbonyl (C=O) groups excluding carboxylic acids is 1. The van der Waals surface area contributed by atoms with Crippen molar-refractivity contribution in [3.8, 4) is 5.75 Å². The standard InChI is InChI=1S/C14H21NO3/c1-4-12(8-16)15-13(17)9-18-14-10(2)6-5-7-11(14)3/h5-7,12,16H,4,8-9H2,1-3H3,(H,15,17)/t12-/m1/s1. The van der Waals surface area contributed by atoms with E-state index in [1.165, 1.54) is 0 Å². The van der Waals surface area contributed by atoms with Crippen LogP contribution in [-0.4, -0.2) is 30.3 Å². The average Bonchev–Trinajstić information content (AvgIpc) is 2.35. The summed E-state index contributed by atoms with van der Waals surface area (Å²) in [7, 11) is 0. The molecule has 0 spiro atoms. The smallest absolute Gasteiger partial charge is 0.258 e. The normalized spacial score (nSPS) is 12.0. The van der Waals surface area contributed by atoms with Crippen LogP contribution in [0.3, 0.4) is 0 Å². The fourth-order valence-corrected chi connectivity index (χ4v) is 1.71. The predicted molar refractivity (Wildman–Crippen MR) is 70.7 cm³/mol. The Balaban J connectivity index is 2.52. The molecule has 0 aliphatic carbocycles. The second-order valence-corrected chi connectivity index (χ2v) is 4.36. The molecule has 0 aromatic heterocycles. The molecule has 0 heterocycles. The molecular weight excluding hydrogens is 230 g/mol. The quantitative estimate of drug-likeness (QED) is 0.807. The van der Waals surface area contributed by atoms with Crippen LogP contribution >= 0.6 is 0 Å². The monoisotopic (exact) mass is 251 g/mol. The summed E-state index contributed by atoms with van der Waals surface area (Å²) in [5.74, 6) is 0.545. The molecule has 0 radical (unpaired) electrons. The van der Waals surface area contributed by atoms with Gasteiger partial charge in [0.15, 0.2) is 6.61 Å². The van der Waals surface area contributed by atoms with E-state index in [9.17, 15) is 4.79 Å². The molecule has 100 valence electrons. The lowest BCUT2D eigenvalue weighted by molar-refractivity contribution is -0.124. The number of nitrogens with one attached hydrogen (secondary N) is 1. The summed E-state index contributed by atoms with van der Waals surface area (Å²) in [6.07, 6.45) is 0.700. The van der Waals surface area contributed by atoms with Crippen molar-refractivity contribution in [2.24, 2.45) is 0 Å². The van der Waals surface area contributed by atoms with Crippen LogP contribution in [-0.2, 0) is 4.79 Å². The van der Waals surface area contributed by atoms with E-state index in [0.29, 0.717) is 6.42 Å². The van der Waals surface area contributed by atoms with Crippen LogP contribution in [0.2, 0.25) is 0 Å². The van der Waals surface area contributed by atoms with E-state index in [1.54, 1.807) is 0 Å². The Morgan fingerprint density at radius 3 is 2.50 bits per heavy atom. The summed E-state index contributed by atoms with van der Waals surface area (Å²) in [5.41, 5.74) is 2.02. The van der Waals surface area contributed by atoms with Gasteiger partial charge in [0.2, 0.25) is 0 Å². The number of benzene rings is 1. The SMILES string of the molecule is CC[C@H](CO)NC(=O)COc1c(C)cccc1C. The lowest BCUT2D eigenvalue weighted by Crippen LogP contribution is -2.39. The number of amides is 1. The molecule has 4 heteroatoms. The highest BCUT2D eigenvalue weighted by Crippen LogP contribution is 2.21. The third-order valence-corrected chi connectivity index (χ3v) is 2.83. The Bertz CT molecular complexity index is 380. The molecule has 0 fully saturated rings. The van der Waals surface area contributed by atoms with Gasteiger partial charge in [0.1, 0.15) is 5.75 Å². The van der Waals surface area contributed by atoms with E-state index >= 15 is 0 Å². The van der Waals surface area contributed by atoms with Crippen LogP contribution < -0.4 is 10.1 Å². The minimum atomic E-state index is -0.210. The summed E-state index contributed by atoms with van der Waals surface area (Å²) in [5, 5.41) is 11.7. The number of aryl methyl sites for hydroxylation is 2. The molecule has 0 unspecified atom stereocenters. The van der Waals surface area contributed by atoms with Crippen molar-refractivity contribution in [2.45, 2.75) is 33.2 Å². The minimum Gasteiger partial charge on any atom is -0.483 e. The van der Waals surface area contributed by atoms with E-state index in [2.05, 4.69) is 5.32 Å². The molecule has 0 aliphatic rings. The first kappa shape index (κ1) is 14.5. The molecule has 1 atom stereocenters. The van der Waals surface area contributed by atoms with E-state index in [-0.39, 0.29) is 25.2 Å². The summed E-state index contributed by atoms with van der Waals surface area (Å²) in [6.45, 7) is 5.73. The molecule has 0 bridgehead atoms. The van der Waals surface area contributed by atoms with Gasteiger partial charge in [0, 0.05) is 0 Å². The molecular formula is C14H21NO3. The summed E-state index contributed by atoms with van der Waals surface area (Å²) < 4.78 is 5.53. The number of carbonyl (C=O) groups is 1. The predicted octanol–water partition coefficient (Wildman–Crippen LogP) is 1.57. The molecule has 0 saturated carbocycles. The summed E-state index contributed by atoms with van der Waals surface area (Å²) in [4.78, 5) is 11.6. The van der Waals surface area contributed by atoms with Gasteiger partial charge in [0.05, 0.1) is 12.6 Å². The third kappa shape index (κ3) is 4.04. The maximum Gasteiger partial charge on any atom is 0.258 e. The molecule has 1 amide bonds. The maximum absolute atomic E-state index is 11.6. The Morgan fingerprint density at radius 1 is 1.39 bits per heavy atom. The number of para-hydroxylation sites is 1. The van der Waals surface area contributed by atoms with Crippen LogP contribution in [0, 0.1) is 13.8 Å². The highest BCUT2D eigenvalue weighted by molar-refractivity contribution is 5.77. The van der Waals surface area contributed by atoms with Crippen LogP contribution in [0.1, 0.15) is 24.5 Å². The number of hydrogen-bond acceptors (Lipinski definition) is 3. The molecule has 1 rings (SSSR count). The lowest BCUT2D eigenvalue weighted by atomic mass is 10.1. The van der Waals surface area contributed by atoms with Crippen LogP contribution in [0.15, 0.2) is 18.2 Å². The molecule has 18 heavy (non-hydrogen) atoms. The van der Waals surface area contributed by atoms with Gasteiger partial charge in [-0.05, 0) is 31.4 Å². The zero-order chi connectivity index (χ0) is 13.5. The van der Waals surface area contributed by atoms with Crippen LogP contribution in [0.25, 0.3) is 0 Å². The number of aliphatic hydroxyl groups is 1. The van der Waals surface area contributed by atoms with Crippen molar-refractivity contribution in [1.29, 1.82) is 0 Å². The van der Waals surface area contributed by atoms with Crippen molar-refractivity contribution in [3.05, 3.63) is 29.3 Å². The Labute approximate surface area is 108 Å². The fraction of sp³-hybridized carbons (Fsp3) is 0.500. The van der Waals surface area contributed by atoms with Gasteiger partial charge in [0.25, 0.3) is 5.91 Å². The fourth-order valence-electron chi connectivity index (χ4n) is 1.71. The van der Waals surface area contributed by atoms with Crippen molar-refractivity contribution in [1.82, 2.24) is 5.32 Å². The Hall–Kier alpha value is -1.55. The largest absolute Gasteiger partial charge is 0.483 e. The first-order valence-corrected chi connectivity index (χ1v) is 6.17. The van der Waals surface area contributed by atoms with Gasteiger partial charge in [-0.25, -0.2) is 0 Å². The molecule has 2 N–H and O–H groups in total. The summed E-state index contributed by atoms with van der Waals surface area (Å²) >= 11 is 0. The van der Waals surface area contributed by atoms with E-state index in [0.717, 1.165) is 16.9 Å². The molecule has 0 aliphatic heterocycles. The molecule has 4 nitrogen and oxygen atoms in total. The van der Waals surface area contributed by atoms with Gasteiger partial charge in [-0.15, -0.1) is 0 Å². The van der Waals surface area contributed by atoms with Crippen molar-refractivity contribution in [2.75, 3.05) is 13.2 Å². The van der Waals surface area contributed by atoms with Gasteiger partial charge in [-0.2, -0.15) is 0 Å². The second kappa shape index (κ2) is 7.01. The first-order chi connectivity index (χ1) is 8.58. The number of aliphatic hydroxyl groups excluding tert-OH is 1. The van der Waals surface area contributed by atoms with Crippen LogP contribution in [0.4, 0.5) is 0 Å². The van der Waals surface area contributed by atoms with Gasteiger partial charge in [-0.1, -0.05) is 25.1 Å². The van der Waals surface area contributed by atoms with Crippen molar-refractivity contribution < 1.29 is 14.6 Å². The van der Waals surface area contributed by atoms with E-state index < -0.39 is 0 Å². The minimum absolute atomic E-state index is 0.0256. The highest BCUT2D eigenvalue weighted by atomic mass is 16.5. The number of ether oxygens (including phenoxy) is 1. The van der Waals surface area contributed by atoms with Gasteiger partial charge >= 0.3 is 0 Å². The van der Waals surface area contributed by atoms with Crippen molar-refractivity contribution >= 4 is 5.91 Å². The molecule has 1 aromatic carbocycles. The highest BCUT2D eigenvalue weighted by Gasteiger charge is 2.11. The average molecular weight is 251 g/mol. The maximum atomic E-state index is 11.6. The second-order valence-electron chi connectivity index (χ2n) is 4.36. The Morgan fingerprint density at radius 2 is 2.00 bits per heavy atom. The zero-order valence-electron chi connectivity index (χ0n) is 11.2. The number of hydrogen-bond donors (Lipinski definition) is 2. The van der Waals surface area contributed by atoms with Crippen molar-refractivity contribution in [3.63, 3.8) is 0 Å². The summed E-state index contributed by atoms with van der Waals surface area (Å²) in [6, 6.07) is 5.65. The molecule has 0 saturated heterocycles. The van der Waals surface area contributed by atoms with Gasteiger partial charge in [-0.3, -0.25) is 4.79 Å². The molecule has 1 aromatic rings. The topological polar surface area (TPSA) is 58.6 Å². The lowest BCUT2D eigenvalue weighted by Gasteiger charge is -2.15. The third-order valence-electron chi connectivity index (χ3n) is 2.83. The van der Waals surface area contributed by atoms with E-state index in [4.69, 9.17) is 9.84 Å². The first-order valence-electron chi connectivity index (χ1n) is 6.17. The Kier molecular flexibility index (Phi) is 5.65. The van der Waals surface area contributed by atoms with E-state index in [1.807, 2.05) is 39.0 Å².